The minimum atomic E-state index is -2.70. The van der Waals surface area contributed by atoms with Gasteiger partial charge in [-0.05, 0) is 13.8 Å². The first-order valence-electron chi connectivity index (χ1n) is 2.98. The molecule has 0 aromatic heterocycles. The Hall–Kier alpha value is 0.0569. The number of rotatable bonds is 4. The summed E-state index contributed by atoms with van der Waals surface area (Å²) in [4.78, 5) is 0. The Balaban J connectivity index is 3.43. The quantitative estimate of drug-likeness (QED) is 0.526. The fraction of sp³-hybridized carbons (Fsp3) is 1.00. The van der Waals surface area contributed by atoms with Crippen LogP contribution >= 0.6 is 0 Å². The summed E-state index contributed by atoms with van der Waals surface area (Å²) in [6, 6.07) is 0. The predicted molar refractivity (Wildman–Crippen MR) is 37.4 cm³/mol. The Morgan fingerprint density at radius 3 is 1.67 bits per heavy atom. The van der Waals surface area contributed by atoms with Gasteiger partial charge in [0, 0.05) is 13.2 Å². The highest BCUT2D eigenvalue weighted by atomic mass is 28.4. The van der Waals surface area contributed by atoms with Crippen LogP contribution in [0.1, 0.15) is 13.8 Å². The van der Waals surface area contributed by atoms with Gasteiger partial charge in [0.2, 0.25) is 0 Å². The Morgan fingerprint density at radius 1 is 1.11 bits per heavy atom. The first kappa shape index (κ1) is 9.06. The highest BCUT2D eigenvalue weighted by molar-refractivity contribution is 6.60. The van der Waals surface area contributed by atoms with Gasteiger partial charge in [0.15, 0.2) is 0 Å². The molecule has 9 heavy (non-hydrogen) atoms. The predicted octanol–water partition coefficient (Wildman–Crippen LogP) is -0.588. The second-order valence-electron chi connectivity index (χ2n) is 1.59. The van der Waals surface area contributed by atoms with Gasteiger partial charge in [-0.1, -0.05) is 0 Å². The molecule has 0 bridgehead atoms. The molecular formula is C4H14N2O2Si. The Labute approximate surface area is 56.5 Å². The summed E-state index contributed by atoms with van der Waals surface area (Å²) in [6.45, 7) is 4.69. The van der Waals surface area contributed by atoms with E-state index < -0.39 is 8.88 Å². The van der Waals surface area contributed by atoms with Crippen LogP contribution in [0.2, 0.25) is 0 Å². The van der Waals surface area contributed by atoms with Crippen LogP contribution < -0.4 is 10.8 Å². The minimum Gasteiger partial charge on any atom is -0.371 e. The topological polar surface area (TPSA) is 70.5 Å². The third-order valence-electron chi connectivity index (χ3n) is 0.740. The fourth-order valence-electron chi connectivity index (χ4n) is 0.493. The molecule has 0 atom stereocenters. The van der Waals surface area contributed by atoms with Crippen molar-refractivity contribution in [3.8, 4) is 0 Å². The molecule has 0 spiro atoms. The summed E-state index contributed by atoms with van der Waals surface area (Å²) < 4.78 is 9.88. The lowest BCUT2D eigenvalue weighted by molar-refractivity contribution is 0.185. The minimum absolute atomic E-state index is 0.513. The van der Waals surface area contributed by atoms with E-state index in [2.05, 4.69) is 0 Å². The van der Waals surface area contributed by atoms with E-state index >= 15 is 0 Å². The molecule has 5 heteroatoms. The SMILES string of the molecule is CCO[Si](N)(N)OCC. The monoisotopic (exact) mass is 150 g/mol. The summed E-state index contributed by atoms with van der Waals surface area (Å²) >= 11 is 0. The van der Waals surface area contributed by atoms with Crippen LogP contribution in [0.3, 0.4) is 0 Å². The molecule has 4 N–H and O–H groups in total. The van der Waals surface area contributed by atoms with E-state index in [-0.39, 0.29) is 0 Å². The number of nitrogens with two attached hydrogens (primary N) is 2. The maximum absolute atomic E-state index is 5.41. The largest absolute Gasteiger partial charge is 0.511 e. The summed E-state index contributed by atoms with van der Waals surface area (Å²) in [5.74, 6) is 0. The van der Waals surface area contributed by atoms with Crippen molar-refractivity contribution in [2.75, 3.05) is 13.2 Å². The molecule has 0 rings (SSSR count). The van der Waals surface area contributed by atoms with Crippen LogP contribution in [0.4, 0.5) is 0 Å². The summed E-state index contributed by atoms with van der Waals surface area (Å²) in [5.41, 5.74) is 0. The maximum Gasteiger partial charge on any atom is 0.511 e. The summed E-state index contributed by atoms with van der Waals surface area (Å²) in [5, 5.41) is 10.8. The molecule has 0 radical (unpaired) electrons. The van der Waals surface area contributed by atoms with Gasteiger partial charge in [0.25, 0.3) is 0 Å². The fourth-order valence-corrected chi connectivity index (χ4v) is 1.48. The van der Waals surface area contributed by atoms with Crippen molar-refractivity contribution in [2.24, 2.45) is 10.8 Å². The van der Waals surface area contributed by atoms with Gasteiger partial charge in [-0.25, -0.2) is 0 Å². The van der Waals surface area contributed by atoms with Gasteiger partial charge in [-0.15, -0.1) is 0 Å². The number of hydrogen-bond donors (Lipinski definition) is 2. The lowest BCUT2D eigenvalue weighted by Crippen LogP contribution is -2.61. The maximum atomic E-state index is 5.41. The molecular weight excluding hydrogens is 136 g/mol. The molecule has 0 aromatic carbocycles. The first-order valence-corrected chi connectivity index (χ1v) is 4.95. The highest BCUT2D eigenvalue weighted by Gasteiger charge is 2.26. The van der Waals surface area contributed by atoms with Crippen molar-refractivity contribution in [1.29, 1.82) is 0 Å². The van der Waals surface area contributed by atoms with E-state index in [0.717, 1.165) is 0 Å². The Morgan fingerprint density at radius 2 is 1.44 bits per heavy atom. The van der Waals surface area contributed by atoms with E-state index in [4.69, 9.17) is 19.7 Å². The van der Waals surface area contributed by atoms with Crippen molar-refractivity contribution in [2.45, 2.75) is 13.8 Å². The molecule has 4 nitrogen and oxygen atoms in total. The van der Waals surface area contributed by atoms with E-state index in [9.17, 15) is 0 Å². The smallest absolute Gasteiger partial charge is 0.371 e. The average Bonchev–Trinajstić information content (AvgIpc) is 1.64. The molecule has 56 valence electrons. The Bertz CT molecular complexity index is 71.0. The van der Waals surface area contributed by atoms with Gasteiger partial charge in [-0.2, -0.15) is 0 Å². The van der Waals surface area contributed by atoms with Crippen molar-refractivity contribution >= 4 is 8.88 Å². The van der Waals surface area contributed by atoms with Crippen LogP contribution in [0.5, 0.6) is 0 Å². The zero-order chi connectivity index (χ0) is 7.33. The second kappa shape index (κ2) is 3.97. The molecule has 0 saturated heterocycles. The Kier molecular flexibility index (Phi) is 3.99. The average molecular weight is 150 g/mol. The molecule has 0 heterocycles. The van der Waals surface area contributed by atoms with Crippen molar-refractivity contribution in [3.05, 3.63) is 0 Å². The molecule has 0 aliphatic heterocycles. The molecule has 0 aliphatic rings. The third kappa shape index (κ3) is 4.55. The van der Waals surface area contributed by atoms with Gasteiger partial charge in [-0.3, -0.25) is 10.8 Å². The van der Waals surface area contributed by atoms with Crippen LogP contribution in [0, 0.1) is 0 Å². The molecule has 0 saturated carbocycles. The molecule has 0 amide bonds. The molecule has 0 unspecified atom stereocenters. The van der Waals surface area contributed by atoms with Crippen molar-refractivity contribution < 1.29 is 8.85 Å². The molecule has 0 aromatic rings. The lowest BCUT2D eigenvalue weighted by Gasteiger charge is -2.17. The summed E-state index contributed by atoms with van der Waals surface area (Å²) in [7, 11) is -2.70. The van der Waals surface area contributed by atoms with Gasteiger partial charge in [0.1, 0.15) is 0 Å². The van der Waals surface area contributed by atoms with Crippen molar-refractivity contribution in [3.63, 3.8) is 0 Å². The van der Waals surface area contributed by atoms with Crippen LogP contribution in [0.15, 0.2) is 0 Å². The van der Waals surface area contributed by atoms with E-state index in [1.54, 1.807) is 0 Å². The lowest BCUT2D eigenvalue weighted by atomic mass is 10.9. The van der Waals surface area contributed by atoms with E-state index in [1.165, 1.54) is 0 Å². The van der Waals surface area contributed by atoms with E-state index in [0.29, 0.717) is 13.2 Å². The summed E-state index contributed by atoms with van der Waals surface area (Å²) in [6.07, 6.45) is 0. The van der Waals surface area contributed by atoms with Crippen LogP contribution in [0.25, 0.3) is 0 Å². The zero-order valence-electron chi connectivity index (χ0n) is 5.89. The standard InChI is InChI=1S/C4H14N2O2Si/c1-3-7-9(5,6)8-4-2/h3-6H2,1-2H3. The number of hydrogen-bond acceptors (Lipinski definition) is 4. The van der Waals surface area contributed by atoms with Gasteiger partial charge >= 0.3 is 8.88 Å². The van der Waals surface area contributed by atoms with E-state index in [1.807, 2.05) is 13.8 Å². The van der Waals surface area contributed by atoms with Crippen LogP contribution in [-0.4, -0.2) is 22.1 Å². The second-order valence-corrected chi connectivity index (χ2v) is 3.61. The van der Waals surface area contributed by atoms with Gasteiger partial charge < -0.3 is 8.85 Å². The highest BCUT2D eigenvalue weighted by Crippen LogP contribution is 1.88. The van der Waals surface area contributed by atoms with Gasteiger partial charge in [0.05, 0.1) is 0 Å². The molecule has 0 aliphatic carbocycles. The normalized spacial score (nSPS) is 12.0. The van der Waals surface area contributed by atoms with Crippen molar-refractivity contribution in [1.82, 2.24) is 0 Å². The zero-order valence-corrected chi connectivity index (χ0v) is 6.89. The molecule has 0 fully saturated rings. The first-order chi connectivity index (χ1) is 4.12. The van der Waals surface area contributed by atoms with Crippen LogP contribution in [-0.2, 0) is 8.85 Å². The third-order valence-corrected chi connectivity index (χ3v) is 2.22.